The van der Waals surface area contributed by atoms with Crippen LogP contribution in [0.5, 0.6) is 0 Å². The fourth-order valence-electron chi connectivity index (χ4n) is 8.17. The third kappa shape index (κ3) is 3.54. The Labute approximate surface area is 185 Å². The maximum Gasteiger partial charge on any atom is 0.0758 e. The number of rotatable bonds is 4. The Bertz CT molecular complexity index is 693. The molecule has 0 aliphatic heterocycles. The van der Waals surface area contributed by atoms with E-state index in [-0.39, 0.29) is 23.5 Å². The van der Waals surface area contributed by atoms with Crippen molar-refractivity contribution in [2.75, 3.05) is 0 Å². The largest absolute Gasteiger partial charge is 0.393 e. The van der Waals surface area contributed by atoms with Gasteiger partial charge in [0.25, 0.3) is 0 Å². The molecule has 0 heterocycles. The molecule has 0 unspecified atom stereocenters. The molecule has 0 bridgehead atoms. The van der Waals surface area contributed by atoms with E-state index < -0.39 is 0 Å². The highest BCUT2D eigenvalue weighted by atomic mass is 16.3. The standard InChI is InChI=1S/C28H46O2/c1-17(2)18(3)7-8-19(4)22-9-10-23-21-16-26(30)25-15-20(29)11-13-28(25,6)24(21)12-14-27(22,23)5/h7-8,16-20,22-26,29-30H,9-15H2,1-6H3/b8-7+/t18-,19+,20-,22+,23-,24-,25-,26+,27+,28+/m0/s1. The molecule has 30 heavy (non-hydrogen) atoms. The van der Waals surface area contributed by atoms with Crippen molar-refractivity contribution in [3.8, 4) is 0 Å². The van der Waals surface area contributed by atoms with E-state index in [1.54, 1.807) is 5.57 Å². The van der Waals surface area contributed by atoms with Crippen molar-refractivity contribution in [2.45, 2.75) is 98.7 Å². The van der Waals surface area contributed by atoms with Gasteiger partial charge in [-0.05, 0) is 97.2 Å². The Balaban J connectivity index is 1.58. The van der Waals surface area contributed by atoms with Crippen LogP contribution in [0, 0.1) is 52.3 Å². The summed E-state index contributed by atoms with van der Waals surface area (Å²) in [5.74, 6) is 4.20. The van der Waals surface area contributed by atoms with Crippen LogP contribution >= 0.6 is 0 Å². The molecule has 10 atom stereocenters. The lowest BCUT2D eigenvalue weighted by Gasteiger charge is -2.58. The molecule has 2 nitrogen and oxygen atoms in total. The predicted octanol–water partition coefficient (Wildman–Crippen LogP) is 6.38. The number of allylic oxidation sites excluding steroid dienone is 3. The molecule has 0 aromatic heterocycles. The number of fused-ring (bicyclic) bond motifs is 5. The van der Waals surface area contributed by atoms with Gasteiger partial charge in [0.1, 0.15) is 0 Å². The molecule has 4 rings (SSSR count). The van der Waals surface area contributed by atoms with E-state index in [1.165, 1.54) is 25.7 Å². The van der Waals surface area contributed by atoms with Crippen molar-refractivity contribution in [1.82, 2.24) is 0 Å². The predicted molar refractivity (Wildman–Crippen MR) is 125 cm³/mol. The van der Waals surface area contributed by atoms with Crippen LogP contribution in [0.25, 0.3) is 0 Å². The number of hydrogen-bond donors (Lipinski definition) is 2. The second kappa shape index (κ2) is 8.07. The zero-order chi connectivity index (χ0) is 21.8. The van der Waals surface area contributed by atoms with Crippen molar-refractivity contribution in [2.24, 2.45) is 52.3 Å². The summed E-state index contributed by atoms with van der Waals surface area (Å²) in [6.45, 7) is 14.4. The number of aliphatic hydroxyl groups excluding tert-OH is 2. The Morgan fingerprint density at radius 1 is 0.900 bits per heavy atom. The first-order chi connectivity index (χ1) is 14.1. The lowest BCUT2D eigenvalue weighted by atomic mass is 9.47. The number of hydrogen-bond acceptors (Lipinski definition) is 2. The first kappa shape index (κ1) is 22.6. The van der Waals surface area contributed by atoms with Crippen LogP contribution in [0.4, 0.5) is 0 Å². The summed E-state index contributed by atoms with van der Waals surface area (Å²) in [4.78, 5) is 0. The molecule has 4 aliphatic rings. The van der Waals surface area contributed by atoms with Gasteiger partial charge >= 0.3 is 0 Å². The van der Waals surface area contributed by atoms with Gasteiger partial charge in [-0.15, -0.1) is 0 Å². The first-order valence-electron chi connectivity index (χ1n) is 12.8. The maximum atomic E-state index is 11.1. The van der Waals surface area contributed by atoms with Crippen LogP contribution < -0.4 is 0 Å². The van der Waals surface area contributed by atoms with Crippen molar-refractivity contribution < 1.29 is 10.2 Å². The average molecular weight is 415 g/mol. The second-order valence-corrected chi connectivity index (χ2v) is 12.4. The molecular weight excluding hydrogens is 368 g/mol. The summed E-state index contributed by atoms with van der Waals surface area (Å²) in [5.41, 5.74) is 2.13. The molecule has 0 aromatic carbocycles. The van der Waals surface area contributed by atoms with Crippen LogP contribution in [-0.2, 0) is 0 Å². The van der Waals surface area contributed by atoms with Crippen LogP contribution in [0.1, 0.15) is 86.5 Å². The summed E-state index contributed by atoms with van der Waals surface area (Å²) in [5, 5.41) is 21.4. The third-order valence-corrected chi connectivity index (χ3v) is 10.6. The summed E-state index contributed by atoms with van der Waals surface area (Å²) in [6.07, 6.45) is 14.6. The van der Waals surface area contributed by atoms with Gasteiger partial charge < -0.3 is 10.2 Å². The smallest absolute Gasteiger partial charge is 0.0758 e. The molecule has 0 spiro atoms. The Morgan fingerprint density at radius 2 is 1.57 bits per heavy atom. The molecule has 0 amide bonds. The summed E-state index contributed by atoms with van der Waals surface area (Å²) in [6, 6.07) is 0. The molecule has 4 aliphatic carbocycles. The molecule has 0 aromatic rings. The van der Waals surface area contributed by atoms with Crippen LogP contribution in [0.2, 0.25) is 0 Å². The van der Waals surface area contributed by atoms with Gasteiger partial charge in [-0.2, -0.15) is 0 Å². The highest BCUT2D eigenvalue weighted by molar-refractivity contribution is 5.30. The molecule has 2 heteroatoms. The van der Waals surface area contributed by atoms with E-state index in [0.717, 1.165) is 25.2 Å². The van der Waals surface area contributed by atoms with Gasteiger partial charge in [0.15, 0.2) is 0 Å². The van der Waals surface area contributed by atoms with Crippen LogP contribution in [0.3, 0.4) is 0 Å². The van der Waals surface area contributed by atoms with Crippen molar-refractivity contribution in [3.63, 3.8) is 0 Å². The maximum absolute atomic E-state index is 11.1. The molecular formula is C28H46O2. The van der Waals surface area contributed by atoms with Gasteiger partial charge in [-0.3, -0.25) is 0 Å². The quantitative estimate of drug-likeness (QED) is 0.524. The van der Waals surface area contributed by atoms with Gasteiger partial charge in [0.05, 0.1) is 12.2 Å². The average Bonchev–Trinajstić information content (AvgIpc) is 3.04. The SMILES string of the molecule is CC(C)[C@@H](C)/C=C/[C@@H](C)[C@H]1CC[C@H]2C3=C[C@@H](O)[C@@H]4C[C@@H](O)CC[C@]4(C)[C@H]3CC[C@]12C. The molecule has 0 saturated heterocycles. The molecule has 170 valence electrons. The minimum absolute atomic E-state index is 0.167. The second-order valence-electron chi connectivity index (χ2n) is 12.4. The zero-order valence-corrected chi connectivity index (χ0v) is 20.3. The topological polar surface area (TPSA) is 40.5 Å². The van der Waals surface area contributed by atoms with Crippen molar-refractivity contribution in [3.05, 3.63) is 23.8 Å². The number of aliphatic hydroxyl groups is 2. The first-order valence-corrected chi connectivity index (χ1v) is 12.8. The van der Waals surface area contributed by atoms with Crippen LogP contribution in [-0.4, -0.2) is 22.4 Å². The van der Waals surface area contributed by atoms with E-state index >= 15 is 0 Å². The van der Waals surface area contributed by atoms with E-state index in [0.29, 0.717) is 35.0 Å². The fourth-order valence-corrected chi connectivity index (χ4v) is 8.17. The monoisotopic (exact) mass is 414 g/mol. The lowest BCUT2D eigenvalue weighted by Crippen LogP contribution is -2.53. The normalized spacial score (nSPS) is 48.1. The Morgan fingerprint density at radius 3 is 2.27 bits per heavy atom. The van der Waals surface area contributed by atoms with Crippen molar-refractivity contribution >= 4 is 0 Å². The molecule has 3 fully saturated rings. The minimum atomic E-state index is -0.373. The summed E-state index contributed by atoms with van der Waals surface area (Å²) >= 11 is 0. The summed E-state index contributed by atoms with van der Waals surface area (Å²) in [7, 11) is 0. The van der Waals surface area contributed by atoms with E-state index in [2.05, 4.69) is 59.8 Å². The van der Waals surface area contributed by atoms with Crippen molar-refractivity contribution in [1.29, 1.82) is 0 Å². The van der Waals surface area contributed by atoms with Crippen LogP contribution in [0.15, 0.2) is 23.8 Å². The Hall–Kier alpha value is -0.600. The summed E-state index contributed by atoms with van der Waals surface area (Å²) < 4.78 is 0. The van der Waals surface area contributed by atoms with E-state index in [1.807, 2.05) is 0 Å². The fraction of sp³-hybridized carbons (Fsp3) is 0.857. The Kier molecular flexibility index (Phi) is 6.08. The van der Waals surface area contributed by atoms with E-state index in [4.69, 9.17) is 0 Å². The van der Waals surface area contributed by atoms with E-state index in [9.17, 15) is 10.2 Å². The lowest BCUT2D eigenvalue weighted by molar-refractivity contribution is -0.0829. The highest BCUT2D eigenvalue weighted by Gasteiger charge is 2.59. The highest BCUT2D eigenvalue weighted by Crippen LogP contribution is 2.66. The van der Waals surface area contributed by atoms with Gasteiger partial charge in [-0.1, -0.05) is 65.3 Å². The zero-order valence-electron chi connectivity index (χ0n) is 20.3. The third-order valence-electron chi connectivity index (χ3n) is 10.6. The molecule has 3 saturated carbocycles. The molecule has 2 N–H and O–H groups in total. The minimum Gasteiger partial charge on any atom is -0.393 e. The van der Waals surface area contributed by atoms with Gasteiger partial charge in [0, 0.05) is 0 Å². The van der Waals surface area contributed by atoms with Gasteiger partial charge in [0.2, 0.25) is 0 Å². The van der Waals surface area contributed by atoms with Gasteiger partial charge in [-0.25, -0.2) is 0 Å². The molecule has 0 radical (unpaired) electrons.